The van der Waals surface area contributed by atoms with Crippen LogP contribution in [0.5, 0.6) is 0 Å². The Bertz CT molecular complexity index is 549. The standard InChI is InChI=1S/C15H22N2O/c1-15(2,3)14-16-12-10-11(6-5-9-18)7-8-13(12)17(14)4/h7-8,10,18H,5-6,9H2,1-4H3. The lowest BCUT2D eigenvalue weighted by Gasteiger charge is -2.17. The monoisotopic (exact) mass is 246 g/mol. The summed E-state index contributed by atoms with van der Waals surface area (Å²) in [5.74, 6) is 1.11. The number of hydrogen-bond acceptors (Lipinski definition) is 2. The summed E-state index contributed by atoms with van der Waals surface area (Å²) in [5, 5.41) is 8.88. The van der Waals surface area contributed by atoms with E-state index in [1.807, 2.05) is 0 Å². The second-order valence-corrected chi connectivity index (χ2v) is 5.89. The van der Waals surface area contributed by atoms with E-state index in [0.717, 1.165) is 24.2 Å². The zero-order valence-electron chi connectivity index (χ0n) is 11.7. The minimum Gasteiger partial charge on any atom is -0.396 e. The molecular weight excluding hydrogens is 224 g/mol. The second kappa shape index (κ2) is 4.73. The molecule has 3 heteroatoms. The molecule has 0 spiro atoms. The molecular formula is C15H22N2O. The van der Waals surface area contributed by atoms with Crippen LogP contribution in [0.15, 0.2) is 18.2 Å². The van der Waals surface area contributed by atoms with Gasteiger partial charge in [-0.25, -0.2) is 4.98 Å². The van der Waals surface area contributed by atoms with Crippen LogP contribution in [0, 0.1) is 0 Å². The highest BCUT2D eigenvalue weighted by Gasteiger charge is 2.21. The number of aliphatic hydroxyl groups is 1. The molecule has 0 aliphatic carbocycles. The van der Waals surface area contributed by atoms with Gasteiger partial charge in [0.1, 0.15) is 5.82 Å². The van der Waals surface area contributed by atoms with Crippen LogP contribution in [0.3, 0.4) is 0 Å². The van der Waals surface area contributed by atoms with Gasteiger partial charge in [0, 0.05) is 19.1 Å². The average Bonchev–Trinajstić information content (AvgIpc) is 2.63. The number of nitrogens with zero attached hydrogens (tertiary/aromatic N) is 2. The van der Waals surface area contributed by atoms with Crippen molar-refractivity contribution >= 4 is 11.0 Å². The normalized spacial score (nSPS) is 12.3. The third-order valence-electron chi connectivity index (χ3n) is 3.24. The third kappa shape index (κ3) is 2.41. The maximum atomic E-state index is 8.88. The molecule has 0 radical (unpaired) electrons. The zero-order chi connectivity index (χ0) is 13.3. The third-order valence-corrected chi connectivity index (χ3v) is 3.24. The molecule has 0 fully saturated rings. The molecule has 1 aromatic heterocycles. The fraction of sp³-hybridized carbons (Fsp3) is 0.533. The van der Waals surface area contributed by atoms with Crippen LogP contribution in [0.2, 0.25) is 0 Å². The van der Waals surface area contributed by atoms with Crippen LogP contribution in [0.25, 0.3) is 11.0 Å². The topological polar surface area (TPSA) is 38.0 Å². The van der Waals surface area contributed by atoms with Gasteiger partial charge in [0.15, 0.2) is 0 Å². The Balaban J connectivity index is 2.45. The molecule has 0 saturated carbocycles. The van der Waals surface area contributed by atoms with E-state index in [0.29, 0.717) is 0 Å². The number of hydrogen-bond donors (Lipinski definition) is 1. The number of fused-ring (bicyclic) bond motifs is 1. The fourth-order valence-electron chi connectivity index (χ4n) is 2.35. The lowest BCUT2D eigenvalue weighted by molar-refractivity contribution is 0.288. The summed E-state index contributed by atoms with van der Waals surface area (Å²) in [4.78, 5) is 4.75. The smallest absolute Gasteiger partial charge is 0.115 e. The maximum Gasteiger partial charge on any atom is 0.115 e. The predicted octanol–water partition coefficient (Wildman–Crippen LogP) is 2.80. The van der Waals surface area contributed by atoms with Crippen molar-refractivity contribution in [2.45, 2.75) is 39.0 Å². The van der Waals surface area contributed by atoms with Crippen LogP contribution in [0.1, 0.15) is 38.6 Å². The molecule has 18 heavy (non-hydrogen) atoms. The average molecular weight is 246 g/mol. The Hall–Kier alpha value is -1.35. The summed E-state index contributed by atoms with van der Waals surface area (Å²) in [5.41, 5.74) is 3.53. The highest BCUT2D eigenvalue weighted by molar-refractivity contribution is 5.77. The van der Waals surface area contributed by atoms with Crippen molar-refractivity contribution in [3.05, 3.63) is 29.6 Å². The van der Waals surface area contributed by atoms with Crippen molar-refractivity contribution < 1.29 is 5.11 Å². The van der Waals surface area contributed by atoms with Crippen LogP contribution >= 0.6 is 0 Å². The Morgan fingerprint density at radius 1 is 1.28 bits per heavy atom. The van der Waals surface area contributed by atoms with Gasteiger partial charge in [-0.1, -0.05) is 26.8 Å². The molecule has 0 bridgehead atoms. The SMILES string of the molecule is Cn1c(C(C)(C)C)nc2cc(CCCO)ccc21. The fourth-order valence-corrected chi connectivity index (χ4v) is 2.35. The molecule has 0 aliphatic heterocycles. The van der Waals surface area contributed by atoms with Crippen molar-refractivity contribution in [3.8, 4) is 0 Å². The highest BCUT2D eigenvalue weighted by atomic mass is 16.2. The van der Waals surface area contributed by atoms with Crippen molar-refractivity contribution in [1.82, 2.24) is 9.55 Å². The lowest BCUT2D eigenvalue weighted by Crippen LogP contribution is -2.17. The molecule has 3 nitrogen and oxygen atoms in total. The van der Waals surface area contributed by atoms with Gasteiger partial charge in [-0.15, -0.1) is 0 Å². The number of aryl methyl sites for hydroxylation is 2. The first-order valence-electron chi connectivity index (χ1n) is 6.50. The maximum absolute atomic E-state index is 8.88. The van der Waals surface area contributed by atoms with Crippen molar-refractivity contribution in [2.24, 2.45) is 7.05 Å². The molecule has 0 saturated heterocycles. The molecule has 0 aliphatic rings. The van der Waals surface area contributed by atoms with Gasteiger partial charge >= 0.3 is 0 Å². The van der Waals surface area contributed by atoms with E-state index in [2.05, 4.69) is 50.6 Å². The summed E-state index contributed by atoms with van der Waals surface area (Å²) in [6.45, 7) is 6.79. The van der Waals surface area contributed by atoms with Gasteiger partial charge in [-0.05, 0) is 30.5 Å². The first-order valence-corrected chi connectivity index (χ1v) is 6.50. The Labute approximate surface area is 108 Å². The molecule has 2 rings (SSSR count). The number of benzene rings is 1. The van der Waals surface area contributed by atoms with Gasteiger partial charge in [-0.2, -0.15) is 0 Å². The van der Waals surface area contributed by atoms with E-state index < -0.39 is 0 Å². The molecule has 0 atom stereocenters. The van der Waals surface area contributed by atoms with Gasteiger partial charge < -0.3 is 9.67 Å². The van der Waals surface area contributed by atoms with Gasteiger partial charge in [0.05, 0.1) is 11.0 Å². The van der Waals surface area contributed by atoms with Gasteiger partial charge in [0.25, 0.3) is 0 Å². The number of rotatable bonds is 3. The Morgan fingerprint density at radius 2 is 2.00 bits per heavy atom. The highest BCUT2D eigenvalue weighted by Crippen LogP contribution is 2.26. The first kappa shape index (κ1) is 13.1. The molecule has 1 heterocycles. The zero-order valence-corrected chi connectivity index (χ0v) is 11.7. The Morgan fingerprint density at radius 3 is 2.61 bits per heavy atom. The van der Waals surface area contributed by atoms with Gasteiger partial charge in [0.2, 0.25) is 0 Å². The van der Waals surface area contributed by atoms with E-state index in [-0.39, 0.29) is 12.0 Å². The number of aromatic nitrogens is 2. The van der Waals surface area contributed by atoms with Gasteiger partial charge in [-0.3, -0.25) is 0 Å². The number of imidazole rings is 1. The molecule has 1 aromatic carbocycles. The summed E-state index contributed by atoms with van der Waals surface area (Å²) < 4.78 is 2.17. The summed E-state index contributed by atoms with van der Waals surface area (Å²) >= 11 is 0. The van der Waals surface area contributed by atoms with E-state index in [1.54, 1.807) is 0 Å². The Kier molecular flexibility index (Phi) is 3.44. The van der Waals surface area contributed by atoms with Crippen molar-refractivity contribution in [2.75, 3.05) is 6.61 Å². The summed E-state index contributed by atoms with van der Waals surface area (Å²) in [6.07, 6.45) is 1.72. The van der Waals surface area contributed by atoms with Crippen molar-refractivity contribution in [3.63, 3.8) is 0 Å². The van der Waals surface area contributed by atoms with E-state index >= 15 is 0 Å². The van der Waals surface area contributed by atoms with E-state index in [9.17, 15) is 0 Å². The number of aliphatic hydroxyl groups excluding tert-OH is 1. The molecule has 2 aromatic rings. The quantitative estimate of drug-likeness (QED) is 0.904. The largest absolute Gasteiger partial charge is 0.396 e. The molecule has 0 unspecified atom stereocenters. The van der Waals surface area contributed by atoms with Crippen LogP contribution in [0.4, 0.5) is 0 Å². The molecule has 0 amide bonds. The minimum absolute atomic E-state index is 0.0546. The predicted molar refractivity (Wildman–Crippen MR) is 74.8 cm³/mol. The summed E-state index contributed by atoms with van der Waals surface area (Å²) in [6, 6.07) is 6.40. The van der Waals surface area contributed by atoms with Crippen LogP contribution in [-0.4, -0.2) is 21.3 Å². The van der Waals surface area contributed by atoms with E-state index in [1.165, 1.54) is 11.1 Å². The molecule has 98 valence electrons. The second-order valence-electron chi connectivity index (χ2n) is 5.89. The first-order chi connectivity index (χ1) is 8.43. The van der Waals surface area contributed by atoms with Crippen molar-refractivity contribution in [1.29, 1.82) is 0 Å². The van der Waals surface area contributed by atoms with Crippen LogP contribution in [-0.2, 0) is 18.9 Å². The summed E-state index contributed by atoms with van der Waals surface area (Å²) in [7, 11) is 2.07. The molecule has 1 N–H and O–H groups in total. The van der Waals surface area contributed by atoms with Crippen LogP contribution < -0.4 is 0 Å². The lowest BCUT2D eigenvalue weighted by atomic mass is 9.96. The minimum atomic E-state index is 0.0546. The van der Waals surface area contributed by atoms with E-state index in [4.69, 9.17) is 10.1 Å².